The lowest BCUT2D eigenvalue weighted by Gasteiger charge is -2.27. The lowest BCUT2D eigenvalue weighted by atomic mass is 9.81. The molecule has 444 valence electrons. The minimum absolute atomic E-state index is 0.0239. The Labute approximate surface area is 503 Å². The van der Waals surface area contributed by atoms with Crippen LogP contribution >= 0.6 is 0 Å². The second kappa shape index (κ2) is 29.3. The summed E-state index contributed by atoms with van der Waals surface area (Å²) < 4.78 is 0. The first-order valence-electron chi connectivity index (χ1n) is 32.9. The SMILES string of the molecule is CCCCCCC1=C(C)c2nc1cc1[nH]c(c(C)c1CCCCCC)c(-c1ccc(NC(=O)C3CCC(C(=O)Nc4ccc(C)cc4)CC3)cc1)c1[nH]c(cc3nc(c2-c2ccc(C)cc2)C(C)=C3CCCCCC)c(CCCCCC)c1C. The topological polar surface area (TPSA) is 116 Å². The van der Waals surface area contributed by atoms with Crippen LogP contribution in [-0.2, 0) is 22.4 Å². The lowest BCUT2D eigenvalue weighted by molar-refractivity contribution is -0.125. The van der Waals surface area contributed by atoms with Gasteiger partial charge in [-0.15, -0.1) is 0 Å². The Balaban J connectivity index is 1.24. The average Bonchev–Trinajstić information content (AvgIpc) is 2.02. The number of allylic oxidation sites excluding steroid dienone is 4. The molecule has 0 atom stereocenters. The summed E-state index contributed by atoms with van der Waals surface area (Å²) in [6.07, 6.45) is 25.5. The maximum atomic E-state index is 14.1. The number of unbranched alkanes of at least 4 members (excludes halogenated alkanes) is 12. The summed E-state index contributed by atoms with van der Waals surface area (Å²) in [6.45, 7) is 22.7. The van der Waals surface area contributed by atoms with Crippen molar-refractivity contribution in [3.8, 4) is 22.3 Å². The quantitative estimate of drug-likeness (QED) is 0.0405. The molecule has 4 N–H and O–H groups in total. The molecule has 1 saturated carbocycles. The number of aromatic amines is 2. The van der Waals surface area contributed by atoms with Crippen molar-refractivity contribution >= 4 is 67.5 Å². The first-order chi connectivity index (χ1) is 40.8. The van der Waals surface area contributed by atoms with Crippen molar-refractivity contribution in [1.29, 1.82) is 0 Å². The molecule has 8 nitrogen and oxygen atoms in total. The monoisotopic (exact) mass is 1130 g/mol. The average molecular weight is 1130 g/mol. The van der Waals surface area contributed by atoms with Gasteiger partial charge in [-0.1, -0.05) is 164 Å². The fraction of sp³-hybridized carbons (Fsp3) is 0.474. The molecule has 6 aromatic rings. The Morgan fingerprint density at radius 2 is 0.786 bits per heavy atom. The molecule has 0 radical (unpaired) electrons. The molecule has 0 spiro atoms. The van der Waals surface area contributed by atoms with Gasteiger partial charge in [0.2, 0.25) is 11.8 Å². The van der Waals surface area contributed by atoms with E-state index in [1.165, 1.54) is 127 Å². The van der Waals surface area contributed by atoms with E-state index in [0.717, 1.165) is 135 Å². The summed E-state index contributed by atoms with van der Waals surface area (Å²) in [5.74, 6) is -0.185. The fourth-order valence-corrected chi connectivity index (χ4v) is 13.4. The van der Waals surface area contributed by atoms with Crippen molar-refractivity contribution in [2.45, 2.75) is 223 Å². The predicted molar refractivity (Wildman–Crippen MR) is 358 cm³/mol. The first kappa shape index (κ1) is 61.8. The van der Waals surface area contributed by atoms with Crippen LogP contribution in [0, 0.1) is 39.5 Å². The molecule has 2 aliphatic heterocycles. The number of hydrogen-bond acceptors (Lipinski definition) is 4. The third-order valence-electron chi connectivity index (χ3n) is 18.7. The first-order valence-corrected chi connectivity index (χ1v) is 32.9. The Morgan fingerprint density at radius 3 is 1.18 bits per heavy atom. The number of aryl methyl sites for hydroxylation is 6. The Bertz CT molecular complexity index is 3350. The molecule has 9 rings (SSSR count). The zero-order valence-corrected chi connectivity index (χ0v) is 52.9. The van der Waals surface area contributed by atoms with Gasteiger partial charge in [0.25, 0.3) is 0 Å². The Kier molecular flexibility index (Phi) is 21.6. The maximum Gasteiger partial charge on any atom is 0.227 e. The van der Waals surface area contributed by atoms with Gasteiger partial charge in [0.05, 0.1) is 33.8 Å². The van der Waals surface area contributed by atoms with Crippen molar-refractivity contribution in [2.75, 3.05) is 10.6 Å². The van der Waals surface area contributed by atoms with Crippen LogP contribution in [0.2, 0.25) is 0 Å². The van der Waals surface area contributed by atoms with Gasteiger partial charge in [-0.25, -0.2) is 9.97 Å². The molecule has 3 aromatic heterocycles. The third kappa shape index (κ3) is 14.5. The highest BCUT2D eigenvalue weighted by atomic mass is 16.2. The van der Waals surface area contributed by atoms with Crippen LogP contribution in [0.3, 0.4) is 0 Å². The summed E-state index contributed by atoms with van der Waals surface area (Å²) in [5, 5.41) is 6.42. The number of H-pyrrole nitrogens is 2. The number of carbonyl (C=O) groups excluding carboxylic acids is 2. The molecule has 0 saturated heterocycles. The van der Waals surface area contributed by atoms with Crippen molar-refractivity contribution in [1.82, 2.24) is 19.9 Å². The van der Waals surface area contributed by atoms with Gasteiger partial charge in [0.1, 0.15) is 0 Å². The molecule has 3 aromatic carbocycles. The number of fused-ring (bicyclic) bond motifs is 8. The smallest absolute Gasteiger partial charge is 0.227 e. The van der Waals surface area contributed by atoms with E-state index in [9.17, 15) is 9.59 Å². The van der Waals surface area contributed by atoms with Crippen LogP contribution in [0.15, 0.2) is 84.9 Å². The van der Waals surface area contributed by atoms with Crippen molar-refractivity contribution in [3.05, 3.63) is 141 Å². The number of amides is 2. The van der Waals surface area contributed by atoms with Crippen LogP contribution in [-0.4, -0.2) is 31.8 Å². The molecule has 8 bridgehead atoms. The van der Waals surface area contributed by atoms with Crippen LogP contribution < -0.4 is 10.6 Å². The number of hydrogen-bond donors (Lipinski definition) is 4. The van der Waals surface area contributed by atoms with E-state index in [1.807, 2.05) is 31.2 Å². The number of nitrogens with zero attached hydrogens (tertiary/aromatic N) is 2. The van der Waals surface area contributed by atoms with Gasteiger partial charge >= 0.3 is 0 Å². The molecule has 84 heavy (non-hydrogen) atoms. The highest BCUT2D eigenvalue weighted by Crippen LogP contribution is 2.46. The molecule has 0 unspecified atom stereocenters. The van der Waals surface area contributed by atoms with Gasteiger partial charge in [-0.2, -0.15) is 0 Å². The van der Waals surface area contributed by atoms with Crippen molar-refractivity contribution in [3.63, 3.8) is 0 Å². The van der Waals surface area contributed by atoms with Crippen LogP contribution in [0.1, 0.15) is 239 Å². The molecule has 3 aliphatic rings. The highest BCUT2D eigenvalue weighted by molar-refractivity contribution is 6.04. The molecule has 1 aliphatic carbocycles. The molecular weight excluding hydrogens is 1030 g/mol. The van der Waals surface area contributed by atoms with Gasteiger partial charge in [0, 0.05) is 45.4 Å². The van der Waals surface area contributed by atoms with Gasteiger partial charge < -0.3 is 20.6 Å². The third-order valence-corrected chi connectivity index (χ3v) is 18.7. The largest absolute Gasteiger partial charge is 0.354 e. The number of anilines is 2. The van der Waals surface area contributed by atoms with E-state index in [1.54, 1.807) is 0 Å². The minimum atomic E-state index is -0.149. The van der Waals surface area contributed by atoms with Crippen molar-refractivity contribution < 1.29 is 9.59 Å². The standard InChI is InChI=1S/C76H98N6O2/c1-11-15-19-23-27-61-51(7)71-69(55-35-31-49(5)32-36-55)72-52(8)62(28-24-20-16-12-2)66(80-72)48-68-64(30-26-22-18-14-4)54(10)74(82-68)70(73-53(9)63(29-25-21-17-13-3)67(81-73)47-65(61)79-71)56-41-45-60(46-42-56)78-76(84)58-39-37-57(38-40-58)75(83)77-59-43-33-50(6)34-44-59/h31-36,41-48,57-58,81-82H,11-30,37-40H2,1-10H3,(H,77,83)(H,78,84). The zero-order chi connectivity index (χ0) is 59.3. The fourth-order valence-electron chi connectivity index (χ4n) is 13.4. The van der Waals surface area contributed by atoms with E-state index >= 15 is 0 Å². The van der Waals surface area contributed by atoms with Gasteiger partial charge in [-0.05, 0) is 211 Å². The summed E-state index contributed by atoms with van der Waals surface area (Å²) in [7, 11) is 0. The van der Waals surface area contributed by atoms with E-state index < -0.39 is 0 Å². The van der Waals surface area contributed by atoms with Crippen LogP contribution in [0.4, 0.5) is 11.4 Å². The summed E-state index contributed by atoms with van der Waals surface area (Å²) in [5.41, 5.74) is 27.7. The molecule has 5 heterocycles. The van der Waals surface area contributed by atoms with Crippen LogP contribution in [0.5, 0.6) is 0 Å². The number of aromatic nitrogens is 4. The Morgan fingerprint density at radius 1 is 0.440 bits per heavy atom. The Hall–Kier alpha value is -6.80. The minimum Gasteiger partial charge on any atom is -0.354 e. The van der Waals surface area contributed by atoms with E-state index in [4.69, 9.17) is 9.97 Å². The number of benzene rings is 3. The number of carbonyl (C=O) groups is 2. The van der Waals surface area contributed by atoms with Gasteiger partial charge in [0.15, 0.2) is 0 Å². The number of nitrogens with one attached hydrogen (secondary N) is 4. The maximum absolute atomic E-state index is 14.1. The van der Waals surface area contributed by atoms with Crippen LogP contribution in [0.25, 0.3) is 66.6 Å². The normalized spacial score (nSPS) is 15.3. The second-order valence-electron chi connectivity index (χ2n) is 25.1. The summed E-state index contributed by atoms with van der Waals surface area (Å²) in [4.78, 5) is 47.4. The summed E-state index contributed by atoms with van der Waals surface area (Å²) in [6, 6.07) is 30.4. The summed E-state index contributed by atoms with van der Waals surface area (Å²) >= 11 is 0. The highest BCUT2D eigenvalue weighted by Gasteiger charge is 2.31. The van der Waals surface area contributed by atoms with Gasteiger partial charge in [-0.3, -0.25) is 9.59 Å². The van der Waals surface area contributed by atoms with E-state index in [0.29, 0.717) is 25.7 Å². The predicted octanol–water partition coefficient (Wildman–Crippen LogP) is 21.3. The lowest BCUT2D eigenvalue weighted by Crippen LogP contribution is -2.32. The second-order valence-corrected chi connectivity index (χ2v) is 25.1. The molecule has 2 amide bonds. The molecule has 1 fully saturated rings. The number of rotatable bonds is 26. The van der Waals surface area contributed by atoms with E-state index in [2.05, 4.69) is 144 Å². The molecule has 8 heteroatoms. The molecular formula is C76H98N6O2. The van der Waals surface area contributed by atoms with Crippen molar-refractivity contribution in [2.24, 2.45) is 11.8 Å². The van der Waals surface area contributed by atoms with E-state index in [-0.39, 0.29) is 23.7 Å². The zero-order valence-electron chi connectivity index (χ0n) is 52.9.